The van der Waals surface area contributed by atoms with E-state index in [1.54, 1.807) is 0 Å². The fourth-order valence-corrected chi connectivity index (χ4v) is 6.72. The molecule has 3 aromatic heterocycles. The maximum Gasteiger partial charge on any atom is 2.00 e. The molecule has 0 amide bonds. The molecule has 0 fully saturated rings. The fraction of sp³-hybridized carbons (Fsp3) is 0.256. The van der Waals surface area contributed by atoms with Gasteiger partial charge in [0, 0.05) is 34.5 Å². The van der Waals surface area contributed by atoms with Crippen molar-refractivity contribution in [3.05, 3.63) is 131 Å². The molecule has 0 aliphatic heterocycles. The number of rotatable bonds is 10. The number of hydrogen-bond donors (Lipinski definition) is 0. The number of nitrogens with zero attached hydrogens (tertiary/aromatic N) is 4. The van der Waals surface area contributed by atoms with Crippen LogP contribution in [0.25, 0.3) is 44.4 Å². The van der Waals surface area contributed by atoms with Crippen LogP contribution in [0.1, 0.15) is 74.0 Å². The topological polar surface area (TPSA) is 44.9 Å². The van der Waals surface area contributed by atoms with E-state index in [0.29, 0.717) is 17.4 Å². The van der Waals surface area contributed by atoms with Crippen molar-refractivity contribution < 1.29 is 25.8 Å². The number of unbranched alkanes of at least 4 members (excludes halogenated alkanes) is 1. The van der Waals surface area contributed by atoms with Crippen molar-refractivity contribution in [2.45, 2.75) is 73.1 Å². The molecule has 0 saturated heterocycles. The molecule has 7 rings (SSSR count). The van der Waals surface area contributed by atoms with E-state index < -0.39 is 0 Å². The van der Waals surface area contributed by atoms with Crippen molar-refractivity contribution in [3.63, 3.8) is 0 Å². The normalized spacial score (nSPS) is 12.0. The van der Waals surface area contributed by atoms with Gasteiger partial charge in [-0.05, 0) is 79.1 Å². The van der Waals surface area contributed by atoms with Gasteiger partial charge in [-0.1, -0.05) is 88.0 Å². The molecule has 1 unspecified atom stereocenters. The summed E-state index contributed by atoms with van der Waals surface area (Å²) in [5, 5.41) is 7.31. The van der Waals surface area contributed by atoms with Crippen molar-refractivity contribution in [2.75, 3.05) is 0 Å². The maximum atomic E-state index is 6.63. The second kappa shape index (κ2) is 14.6. The van der Waals surface area contributed by atoms with E-state index in [1.165, 1.54) is 16.5 Å². The van der Waals surface area contributed by atoms with Crippen molar-refractivity contribution in [3.8, 4) is 34.1 Å². The van der Waals surface area contributed by atoms with E-state index in [4.69, 9.17) is 14.8 Å². The van der Waals surface area contributed by atoms with Crippen LogP contribution in [0.2, 0.25) is 0 Å². The Morgan fingerprint density at radius 2 is 1.65 bits per heavy atom. The first-order valence-corrected chi connectivity index (χ1v) is 17.1. The summed E-state index contributed by atoms with van der Waals surface area (Å²) in [5.74, 6) is 2.63. The standard InChI is InChI=1S/C43H42N4O.Pt/c1-7-9-13-32-23-35(47-31(6)43(30(5)45-47)33-14-11-10-12-15-33)26-37(24-32)48-36-17-18-38-39-25-34(29(4)8-2)16-19-40(39)46(41(38)27-36)42-22-28(3)20-21-44-42;/h10-12,14-25,29H,7-9,13H2,1-6H3;/q-2;+2. The molecule has 0 N–H and O–H groups in total. The van der Waals surface area contributed by atoms with E-state index in [-0.39, 0.29) is 21.1 Å². The van der Waals surface area contributed by atoms with E-state index >= 15 is 0 Å². The Kier molecular flexibility index (Phi) is 10.2. The second-order valence-corrected chi connectivity index (χ2v) is 13.0. The number of aromatic nitrogens is 4. The summed E-state index contributed by atoms with van der Waals surface area (Å²) >= 11 is 0. The SMILES string of the molecule is CCCCc1cc(Oc2[c-]c3c(cc2)c2cc(C(C)CC)ccc2n3-c2cc(C)ccn2)[c-]c(-n2nc(C)c(-c3ccccc3)c2C)c1.[Pt+2]. The second-order valence-electron chi connectivity index (χ2n) is 13.0. The Bertz CT molecular complexity index is 2250. The first-order chi connectivity index (χ1) is 23.3. The van der Waals surface area contributed by atoms with Crippen molar-refractivity contribution in [1.29, 1.82) is 0 Å². The van der Waals surface area contributed by atoms with Crippen LogP contribution >= 0.6 is 0 Å². The van der Waals surface area contributed by atoms with Gasteiger partial charge >= 0.3 is 21.1 Å². The summed E-state index contributed by atoms with van der Waals surface area (Å²) in [4.78, 5) is 4.78. The molecule has 5 nitrogen and oxygen atoms in total. The first-order valence-electron chi connectivity index (χ1n) is 17.1. The molecule has 7 aromatic rings. The zero-order chi connectivity index (χ0) is 33.4. The Morgan fingerprint density at radius 1 is 0.837 bits per heavy atom. The Labute approximate surface area is 304 Å². The van der Waals surface area contributed by atoms with Gasteiger partial charge in [0.2, 0.25) is 0 Å². The zero-order valence-electron chi connectivity index (χ0n) is 29.1. The average molecular weight is 826 g/mol. The monoisotopic (exact) mass is 825 g/mol. The number of hydrogen-bond acceptors (Lipinski definition) is 3. The van der Waals surface area contributed by atoms with E-state index in [2.05, 4.69) is 125 Å². The average Bonchev–Trinajstić information content (AvgIpc) is 3.59. The molecule has 6 heteroatoms. The molecule has 0 radical (unpaired) electrons. The number of aryl methyl sites for hydroxylation is 3. The molecule has 0 aliphatic carbocycles. The zero-order valence-corrected chi connectivity index (χ0v) is 31.4. The maximum absolute atomic E-state index is 6.63. The Hall–Kier alpha value is -4.47. The van der Waals surface area contributed by atoms with Crippen molar-refractivity contribution in [1.82, 2.24) is 19.3 Å². The van der Waals surface area contributed by atoms with Crippen LogP contribution in [-0.2, 0) is 27.5 Å². The molecule has 1 atom stereocenters. The quantitative estimate of drug-likeness (QED) is 0.129. The third-order valence-corrected chi connectivity index (χ3v) is 9.50. The summed E-state index contributed by atoms with van der Waals surface area (Å²) in [7, 11) is 0. The Morgan fingerprint density at radius 3 is 2.41 bits per heavy atom. The van der Waals surface area contributed by atoms with Crippen LogP contribution in [0.4, 0.5) is 0 Å². The van der Waals surface area contributed by atoms with Gasteiger partial charge < -0.3 is 9.30 Å². The minimum Gasteiger partial charge on any atom is -0.509 e. The van der Waals surface area contributed by atoms with Crippen LogP contribution in [0.3, 0.4) is 0 Å². The van der Waals surface area contributed by atoms with Gasteiger partial charge in [0.15, 0.2) is 0 Å². The summed E-state index contributed by atoms with van der Waals surface area (Å²) < 4.78 is 10.8. The molecular weight excluding hydrogens is 784 g/mol. The van der Waals surface area contributed by atoms with E-state index in [1.807, 2.05) is 29.1 Å². The van der Waals surface area contributed by atoms with Gasteiger partial charge in [-0.25, -0.2) is 4.98 Å². The molecule has 0 aliphatic rings. The summed E-state index contributed by atoms with van der Waals surface area (Å²) in [5.41, 5.74) is 11.0. The predicted octanol–water partition coefficient (Wildman–Crippen LogP) is 11.2. The number of pyridine rings is 1. The minimum atomic E-state index is 0. The van der Waals surface area contributed by atoms with Gasteiger partial charge in [0.25, 0.3) is 0 Å². The molecule has 250 valence electrons. The smallest absolute Gasteiger partial charge is 0.509 e. The fourth-order valence-electron chi connectivity index (χ4n) is 6.72. The van der Waals surface area contributed by atoms with Gasteiger partial charge in [0.05, 0.1) is 5.69 Å². The van der Waals surface area contributed by atoms with Crippen LogP contribution in [-0.4, -0.2) is 19.3 Å². The number of ether oxygens (including phenoxy) is 1. The van der Waals surface area contributed by atoms with Crippen molar-refractivity contribution in [2.24, 2.45) is 0 Å². The summed E-state index contributed by atoms with van der Waals surface area (Å²) in [6, 6.07) is 37.1. The van der Waals surface area contributed by atoms with Gasteiger partial charge in [-0.3, -0.25) is 4.68 Å². The van der Waals surface area contributed by atoms with Gasteiger partial charge in [0.1, 0.15) is 5.82 Å². The van der Waals surface area contributed by atoms with Crippen LogP contribution in [0, 0.1) is 32.9 Å². The molecular formula is C43H42N4OPt. The summed E-state index contributed by atoms with van der Waals surface area (Å²) in [6.07, 6.45) is 6.12. The molecule has 0 spiro atoms. The molecule has 3 heterocycles. The third kappa shape index (κ3) is 6.74. The molecule has 4 aromatic carbocycles. The molecule has 0 saturated carbocycles. The third-order valence-electron chi connectivity index (χ3n) is 9.50. The van der Waals surface area contributed by atoms with Crippen LogP contribution in [0.5, 0.6) is 11.5 Å². The van der Waals surface area contributed by atoms with Crippen LogP contribution < -0.4 is 4.74 Å². The minimum absolute atomic E-state index is 0. The Balaban J connectivity index is 0.00000417. The summed E-state index contributed by atoms with van der Waals surface area (Å²) in [6.45, 7) is 13.0. The van der Waals surface area contributed by atoms with E-state index in [9.17, 15) is 0 Å². The molecule has 0 bridgehead atoms. The van der Waals surface area contributed by atoms with Crippen LogP contribution in [0.15, 0.2) is 91.1 Å². The van der Waals surface area contributed by atoms with E-state index in [0.717, 1.165) is 81.7 Å². The van der Waals surface area contributed by atoms with Crippen molar-refractivity contribution >= 4 is 21.8 Å². The molecule has 49 heavy (non-hydrogen) atoms. The number of benzene rings is 4. The predicted molar refractivity (Wildman–Crippen MR) is 197 cm³/mol. The van der Waals surface area contributed by atoms with Gasteiger partial charge in [-0.15, -0.1) is 35.7 Å². The first kappa shape index (κ1) is 34.4. The largest absolute Gasteiger partial charge is 2.00 e. The number of fused-ring (bicyclic) bond motifs is 3. The van der Waals surface area contributed by atoms with Gasteiger partial charge in [-0.2, -0.15) is 16.7 Å².